The number of rotatable bonds is 3. The lowest BCUT2D eigenvalue weighted by Crippen LogP contribution is -2.47. The molecule has 3 atom stereocenters. The predicted molar refractivity (Wildman–Crippen MR) is 87.5 cm³/mol. The number of hydrogen-bond donors (Lipinski definition) is 2. The molecule has 1 saturated carbocycles. The Kier molecular flexibility index (Phi) is 4.68. The second-order valence-corrected chi connectivity index (χ2v) is 6.28. The average Bonchev–Trinajstić information content (AvgIpc) is 2.88. The van der Waals surface area contributed by atoms with Gasteiger partial charge in [-0.25, -0.2) is 0 Å². The van der Waals surface area contributed by atoms with E-state index in [2.05, 4.69) is 5.32 Å². The minimum Gasteiger partial charge on any atom is -0.451 e. The number of aryl methyl sites for hydroxylation is 1. The Morgan fingerprint density at radius 1 is 1.30 bits per heavy atom. The van der Waals surface area contributed by atoms with Crippen molar-refractivity contribution < 1.29 is 19.1 Å². The van der Waals surface area contributed by atoms with Gasteiger partial charge in [-0.15, -0.1) is 0 Å². The zero-order chi connectivity index (χ0) is 16.4. The van der Waals surface area contributed by atoms with Crippen LogP contribution in [0.3, 0.4) is 0 Å². The molecule has 1 aromatic heterocycles. The second kappa shape index (κ2) is 6.72. The van der Waals surface area contributed by atoms with Crippen molar-refractivity contribution >= 4 is 16.9 Å². The second-order valence-electron chi connectivity index (χ2n) is 6.28. The lowest BCUT2D eigenvalue weighted by atomic mass is 10.0. The number of aliphatic hydroxyl groups is 1. The zero-order valence-electron chi connectivity index (χ0n) is 13.5. The van der Waals surface area contributed by atoms with Gasteiger partial charge in [0.15, 0.2) is 5.76 Å². The average molecular weight is 317 g/mol. The lowest BCUT2D eigenvalue weighted by molar-refractivity contribution is -0.0278. The van der Waals surface area contributed by atoms with Crippen molar-refractivity contribution in [1.29, 1.82) is 0 Å². The van der Waals surface area contributed by atoms with E-state index in [1.54, 1.807) is 13.2 Å². The molecule has 3 rings (SSSR count). The van der Waals surface area contributed by atoms with E-state index in [0.717, 1.165) is 36.6 Å². The summed E-state index contributed by atoms with van der Waals surface area (Å²) in [6, 6.07) is 7.23. The first-order chi connectivity index (χ1) is 11.1. The van der Waals surface area contributed by atoms with Crippen LogP contribution in [0, 0.1) is 6.92 Å². The molecule has 0 bridgehead atoms. The topological polar surface area (TPSA) is 71.7 Å². The molecule has 1 aliphatic rings. The largest absolute Gasteiger partial charge is 0.451 e. The smallest absolute Gasteiger partial charge is 0.287 e. The molecular formula is C18H23NO4. The standard InChI is InChI=1S/C18H23NO4/c1-11-7-8-14-12(9-11)10-16(23-14)18(21)19-13-5-3-4-6-15(22-2)17(13)20/h7-10,13,15,17,20H,3-6H2,1-2H3,(H,19,21)/t13-,15-,17-/m1/s1. The van der Waals surface area contributed by atoms with E-state index >= 15 is 0 Å². The van der Waals surface area contributed by atoms with Crippen molar-refractivity contribution in [2.24, 2.45) is 0 Å². The summed E-state index contributed by atoms with van der Waals surface area (Å²) in [5.74, 6) is -0.0179. The molecule has 0 saturated heterocycles. The number of carbonyl (C=O) groups excluding carboxylic acids is 1. The van der Waals surface area contributed by atoms with Gasteiger partial charge in [-0.1, -0.05) is 24.5 Å². The fourth-order valence-electron chi connectivity index (χ4n) is 3.24. The van der Waals surface area contributed by atoms with E-state index in [9.17, 15) is 9.90 Å². The van der Waals surface area contributed by atoms with E-state index in [1.165, 1.54) is 0 Å². The molecule has 2 N–H and O–H groups in total. The monoisotopic (exact) mass is 317 g/mol. The highest BCUT2D eigenvalue weighted by molar-refractivity contribution is 5.96. The van der Waals surface area contributed by atoms with Gasteiger partial charge in [0.05, 0.1) is 12.1 Å². The third-order valence-electron chi connectivity index (χ3n) is 4.56. The number of hydrogen-bond acceptors (Lipinski definition) is 4. The molecule has 2 aromatic rings. The van der Waals surface area contributed by atoms with Crippen LogP contribution in [0.4, 0.5) is 0 Å². The summed E-state index contributed by atoms with van der Waals surface area (Å²) in [4.78, 5) is 12.5. The summed E-state index contributed by atoms with van der Waals surface area (Å²) >= 11 is 0. The van der Waals surface area contributed by atoms with Gasteiger partial charge in [-0.3, -0.25) is 4.79 Å². The zero-order valence-corrected chi connectivity index (χ0v) is 13.5. The Morgan fingerprint density at radius 3 is 2.87 bits per heavy atom. The van der Waals surface area contributed by atoms with Crippen LogP contribution in [-0.2, 0) is 4.74 Å². The highest BCUT2D eigenvalue weighted by atomic mass is 16.5. The van der Waals surface area contributed by atoms with Gasteiger partial charge in [0.25, 0.3) is 5.91 Å². The van der Waals surface area contributed by atoms with E-state index < -0.39 is 6.10 Å². The van der Waals surface area contributed by atoms with Gasteiger partial charge < -0.3 is 19.6 Å². The van der Waals surface area contributed by atoms with Gasteiger partial charge >= 0.3 is 0 Å². The first-order valence-electron chi connectivity index (χ1n) is 8.10. The fraction of sp³-hybridized carbons (Fsp3) is 0.500. The Labute approximate surface area is 135 Å². The number of furan rings is 1. The summed E-state index contributed by atoms with van der Waals surface area (Å²) in [5.41, 5.74) is 1.81. The normalized spacial score (nSPS) is 25.3. The molecule has 23 heavy (non-hydrogen) atoms. The van der Waals surface area contributed by atoms with Crippen LogP contribution in [0.25, 0.3) is 11.0 Å². The van der Waals surface area contributed by atoms with Crippen LogP contribution in [-0.4, -0.2) is 36.4 Å². The Bertz CT molecular complexity index is 693. The van der Waals surface area contributed by atoms with Crippen molar-refractivity contribution in [2.75, 3.05) is 7.11 Å². The molecule has 0 unspecified atom stereocenters. The van der Waals surface area contributed by atoms with Crippen LogP contribution < -0.4 is 5.32 Å². The van der Waals surface area contributed by atoms with Crippen LogP contribution in [0.1, 0.15) is 41.8 Å². The van der Waals surface area contributed by atoms with Crippen LogP contribution in [0.2, 0.25) is 0 Å². The maximum Gasteiger partial charge on any atom is 0.287 e. The quantitative estimate of drug-likeness (QED) is 0.854. The van der Waals surface area contributed by atoms with Crippen molar-refractivity contribution in [3.8, 4) is 0 Å². The lowest BCUT2D eigenvalue weighted by Gasteiger charge is -2.26. The maximum absolute atomic E-state index is 12.5. The van der Waals surface area contributed by atoms with Gasteiger partial charge in [0.1, 0.15) is 11.7 Å². The summed E-state index contributed by atoms with van der Waals surface area (Å²) < 4.78 is 11.0. The molecule has 0 radical (unpaired) electrons. The molecule has 124 valence electrons. The number of ether oxygens (including phenoxy) is 1. The third-order valence-corrected chi connectivity index (χ3v) is 4.56. The Balaban J connectivity index is 1.76. The van der Waals surface area contributed by atoms with E-state index in [4.69, 9.17) is 9.15 Å². The van der Waals surface area contributed by atoms with Gasteiger partial charge in [0, 0.05) is 12.5 Å². The molecule has 1 fully saturated rings. The molecule has 0 spiro atoms. The number of methoxy groups -OCH3 is 1. The van der Waals surface area contributed by atoms with Crippen molar-refractivity contribution in [3.63, 3.8) is 0 Å². The van der Waals surface area contributed by atoms with Gasteiger partial charge in [-0.2, -0.15) is 0 Å². The summed E-state index contributed by atoms with van der Waals surface area (Å²) in [6.45, 7) is 2.00. The highest BCUT2D eigenvalue weighted by Gasteiger charge is 2.31. The number of benzene rings is 1. The highest BCUT2D eigenvalue weighted by Crippen LogP contribution is 2.23. The first-order valence-corrected chi connectivity index (χ1v) is 8.10. The molecule has 0 aliphatic heterocycles. The molecule has 1 amide bonds. The van der Waals surface area contributed by atoms with Gasteiger partial charge in [0.2, 0.25) is 0 Å². The SMILES string of the molecule is CO[C@@H]1CCCC[C@@H](NC(=O)c2cc3cc(C)ccc3o2)[C@H]1O. The minimum atomic E-state index is -0.696. The number of amides is 1. The van der Waals surface area contributed by atoms with Gasteiger partial charge in [-0.05, 0) is 38.0 Å². The Hall–Kier alpha value is -1.85. The summed E-state index contributed by atoms with van der Waals surface area (Å²) in [6.07, 6.45) is 2.58. The predicted octanol–water partition coefficient (Wildman–Crippen LogP) is 2.79. The number of carbonyl (C=O) groups is 1. The summed E-state index contributed by atoms with van der Waals surface area (Å²) in [7, 11) is 1.60. The van der Waals surface area contributed by atoms with Crippen molar-refractivity contribution in [3.05, 3.63) is 35.6 Å². The third kappa shape index (κ3) is 3.41. The molecule has 1 aliphatic carbocycles. The molecule has 1 heterocycles. The van der Waals surface area contributed by atoms with Crippen molar-refractivity contribution in [2.45, 2.75) is 50.9 Å². The molecule has 1 aromatic carbocycles. The van der Waals surface area contributed by atoms with E-state index in [0.29, 0.717) is 5.58 Å². The Morgan fingerprint density at radius 2 is 2.09 bits per heavy atom. The number of nitrogens with one attached hydrogen (secondary N) is 1. The summed E-state index contributed by atoms with van der Waals surface area (Å²) in [5, 5.41) is 14.2. The number of fused-ring (bicyclic) bond motifs is 1. The van der Waals surface area contributed by atoms with Crippen LogP contribution in [0.5, 0.6) is 0 Å². The van der Waals surface area contributed by atoms with E-state index in [-0.39, 0.29) is 23.8 Å². The first kappa shape index (κ1) is 16.0. The molecular weight excluding hydrogens is 294 g/mol. The molecule has 5 heteroatoms. The fourth-order valence-corrected chi connectivity index (χ4v) is 3.24. The number of aliphatic hydroxyl groups excluding tert-OH is 1. The van der Waals surface area contributed by atoms with Crippen LogP contribution in [0.15, 0.2) is 28.7 Å². The van der Waals surface area contributed by atoms with E-state index in [1.807, 2.05) is 25.1 Å². The van der Waals surface area contributed by atoms with Crippen LogP contribution >= 0.6 is 0 Å². The van der Waals surface area contributed by atoms with Crippen molar-refractivity contribution in [1.82, 2.24) is 5.32 Å². The minimum absolute atomic E-state index is 0.235. The molecule has 5 nitrogen and oxygen atoms in total. The maximum atomic E-state index is 12.5.